The third-order valence-corrected chi connectivity index (χ3v) is 4.07. The summed E-state index contributed by atoms with van der Waals surface area (Å²) in [5.41, 5.74) is 4.60. The van der Waals surface area contributed by atoms with Crippen LogP contribution >= 0.6 is 11.6 Å². The van der Waals surface area contributed by atoms with Gasteiger partial charge in [0.2, 0.25) is 0 Å². The molecule has 122 valence electrons. The normalized spacial score (nSPS) is 10.6. The van der Waals surface area contributed by atoms with Gasteiger partial charge < -0.3 is 5.32 Å². The van der Waals surface area contributed by atoms with E-state index in [1.807, 2.05) is 62.5 Å². The lowest BCUT2D eigenvalue weighted by atomic mass is 10.1. The van der Waals surface area contributed by atoms with Crippen LogP contribution in [0.4, 0.5) is 0 Å². The monoisotopic (exact) mass is 339 g/mol. The zero-order chi connectivity index (χ0) is 17.1. The summed E-state index contributed by atoms with van der Waals surface area (Å²) in [6.45, 7) is 4.35. The van der Waals surface area contributed by atoms with Crippen molar-refractivity contribution in [3.05, 3.63) is 82.1 Å². The molecular formula is C19H18ClN3O. The van der Waals surface area contributed by atoms with Crippen molar-refractivity contribution >= 4 is 17.5 Å². The first kappa shape index (κ1) is 16.3. The van der Waals surface area contributed by atoms with Crippen LogP contribution in [-0.4, -0.2) is 15.7 Å². The summed E-state index contributed by atoms with van der Waals surface area (Å²) in [5, 5.41) is 7.95. The zero-order valence-electron chi connectivity index (χ0n) is 13.6. The molecule has 1 amide bonds. The molecule has 0 unspecified atom stereocenters. The maximum absolute atomic E-state index is 12.4. The van der Waals surface area contributed by atoms with E-state index < -0.39 is 0 Å². The van der Waals surface area contributed by atoms with Crippen LogP contribution in [0.3, 0.4) is 0 Å². The minimum atomic E-state index is -0.0737. The highest BCUT2D eigenvalue weighted by molar-refractivity contribution is 6.30. The van der Waals surface area contributed by atoms with Crippen molar-refractivity contribution in [1.29, 1.82) is 0 Å². The number of aromatic nitrogens is 2. The van der Waals surface area contributed by atoms with Crippen LogP contribution in [0, 0.1) is 13.8 Å². The highest BCUT2D eigenvalue weighted by atomic mass is 35.5. The Morgan fingerprint density at radius 2 is 1.92 bits per heavy atom. The van der Waals surface area contributed by atoms with Crippen molar-refractivity contribution in [3.8, 4) is 5.69 Å². The lowest BCUT2D eigenvalue weighted by molar-refractivity contribution is 0.0950. The largest absolute Gasteiger partial charge is 0.348 e. The second-order valence-corrected chi connectivity index (χ2v) is 6.21. The molecule has 0 radical (unpaired) electrons. The van der Waals surface area contributed by atoms with Crippen molar-refractivity contribution < 1.29 is 4.79 Å². The number of carbonyl (C=O) groups is 1. The maximum atomic E-state index is 12.4. The topological polar surface area (TPSA) is 46.9 Å². The van der Waals surface area contributed by atoms with Crippen LogP contribution in [-0.2, 0) is 6.54 Å². The van der Waals surface area contributed by atoms with Crippen molar-refractivity contribution in [2.45, 2.75) is 20.4 Å². The Balaban J connectivity index is 1.68. The van der Waals surface area contributed by atoms with Gasteiger partial charge in [0.25, 0.3) is 5.91 Å². The standard InChI is InChI=1S/C19H18ClN3O/c1-13-3-4-14(2)18(9-13)19(24)21-10-15-11-22-23(12-15)17-7-5-16(20)6-8-17/h3-9,11-12H,10H2,1-2H3,(H,21,24). The Labute approximate surface area is 146 Å². The predicted molar refractivity (Wildman–Crippen MR) is 95.7 cm³/mol. The molecule has 0 aliphatic rings. The first-order valence-electron chi connectivity index (χ1n) is 7.68. The highest BCUT2D eigenvalue weighted by Gasteiger charge is 2.09. The molecule has 0 aliphatic heterocycles. The number of benzene rings is 2. The fourth-order valence-electron chi connectivity index (χ4n) is 2.44. The number of nitrogens with one attached hydrogen (secondary N) is 1. The minimum absolute atomic E-state index is 0.0737. The van der Waals surface area contributed by atoms with Gasteiger partial charge in [0, 0.05) is 28.9 Å². The van der Waals surface area contributed by atoms with Crippen LogP contribution in [0.2, 0.25) is 5.02 Å². The molecule has 1 N–H and O–H groups in total. The maximum Gasteiger partial charge on any atom is 0.251 e. The van der Waals surface area contributed by atoms with E-state index in [1.165, 1.54) is 0 Å². The first-order chi connectivity index (χ1) is 11.5. The number of aryl methyl sites for hydroxylation is 2. The molecule has 4 nitrogen and oxygen atoms in total. The average Bonchev–Trinajstić information content (AvgIpc) is 3.04. The number of amides is 1. The Morgan fingerprint density at radius 1 is 1.17 bits per heavy atom. The molecule has 3 aromatic rings. The number of halogens is 1. The molecule has 0 aliphatic carbocycles. The molecule has 0 saturated carbocycles. The summed E-state index contributed by atoms with van der Waals surface area (Å²) in [6.07, 6.45) is 3.64. The number of hydrogen-bond acceptors (Lipinski definition) is 2. The fraction of sp³-hybridized carbons (Fsp3) is 0.158. The molecular weight excluding hydrogens is 322 g/mol. The van der Waals surface area contributed by atoms with Gasteiger partial charge in [-0.2, -0.15) is 5.10 Å². The van der Waals surface area contributed by atoms with E-state index in [1.54, 1.807) is 10.9 Å². The smallest absolute Gasteiger partial charge is 0.251 e. The Bertz CT molecular complexity index is 869. The Hall–Kier alpha value is -2.59. The van der Waals surface area contributed by atoms with Gasteiger partial charge in [-0.1, -0.05) is 29.3 Å². The third kappa shape index (κ3) is 3.66. The number of nitrogens with zero attached hydrogens (tertiary/aromatic N) is 2. The van der Waals surface area contributed by atoms with Crippen LogP contribution in [0.25, 0.3) is 5.69 Å². The molecule has 0 fully saturated rings. The zero-order valence-corrected chi connectivity index (χ0v) is 14.3. The van der Waals surface area contributed by atoms with E-state index in [0.717, 1.165) is 22.4 Å². The molecule has 0 spiro atoms. The third-order valence-electron chi connectivity index (χ3n) is 3.82. The Kier molecular flexibility index (Phi) is 4.67. The summed E-state index contributed by atoms with van der Waals surface area (Å²) in [6, 6.07) is 13.3. The van der Waals surface area contributed by atoms with Gasteiger partial charge in [0.05, 0.1) is 11.9 Å². The SMILES string of the molecule is Cc1ccc(C)c(C(=O)NCc2cnn(-c3ccc(Cl)cc3)c2)c1. The molecule has 24 heavy (non-hydrogen) atoms. The molecule has 1 heterocycles. The van der Waals surface area contributed by atoms with Crippen molar-refractivity contribution in [2.24, 2.45) is 0 Å². The second kappa shape index (κ2) is 6.89. The summed E-state index contributed by atoms with van der Waals surface area (Å²) in [7, 11) is 0. The first-order valence-corrected chi connectivity index (χ1v) is 8.05. The quantitative estimate of drug-likeness (QED) is 0.778. The average molecular weight is 340 g/mol. The highest BCUT2D eigenvalue weighted by Crippen LogP contribution is 2.14. The van der Waals surface area contributed by atoms with Crippen molar-refractivity contribution in [3.63, 3.8) is 0 Å². The van der Waals surface area contributed by atoms with Gasteiger partial charge in [0.1, 0.15) is 0 Å². The number of rotatable bonds is 4. The second-order valence-electron chi connectivity index (χ2n) is 5.77. The van der Waals surface area contributed by atoms with Crippen LogP contribution in [0.1, 0.15) is 27.0 Å². The Morgan fingerprint density at radius 3 is 2.67 bits per heavy atom. The molecule has 3 rings (SSSR count). The lowest BCUT2D eigenvalue weighted by Crippen LogP contribution is -2.23. The van der Waals surface area contributed by atoms with Gasteiger partial charge in [-0.05, 0) is 49.7 Å². The van der Waals surface area contributed by atoms with Gasteiger partial charge in [-0.3, -0.25) is 4.79 Å². The minimum Gasteiger partial charge on any atom is -0.348 e. The van der Waals surface area contributed by atoms with E-state index in [0.29, 0.717) is 17.1 Å². The number of carbonyl (C=O) groups excluding carboxylic acids is 1. The van der Waals surface area contributed by atoms with Gasteiger partial charge in [0.15, 0.2) is 0 Å². The molecule has 0 atom stereocenters. The van der Waals surface area contributed by atoms with Gasteiger partial charge in [-0.15, -0.1) is 0 Å². The van der Waals surface area contributed by atoms with Gasteiger partial charge in [-0.25, -0.2) is 4.68 Å². The summed E-state index contributed by atoms with van der Waals surface area (Å²) < 4.78 is 1.76. The number of hydrogen-bond donors (Lipinski definition) is 1. The molecule has 0 saturated heterocycles. The van der Waals surface area contributed by atoms with Gasteiger partial charge >= 0.3 is 0 Å². The van der Waals surface area contributed by atoms with E-state index in [2.05, 4.69) is 10.4 Å². The summed E-state index contributed by atoms with van der Waals surface area (Å²) in [5.74, 6) is -0.0737. The molecule has 2 aromatic carbocycles. The van der Waals surface area contributed by atoms with E-state index >= 15 is 0 Å². The molecule has 5 heteroatoms. The van der Waals surface area contributed by atoms with Crippen LogP contribution in [0.15, 0.2) is 54.9 Å². The summed E-state index contributed by atoms with van der Waals surface area (Å²) >= 11 is 5.89. The molecule has 1 aromatic heterocycles. The van der Waals surface area contributed by atoms with Crippen molar-refractivity contribution in [2.75, 3.05) is 0 Å². The van der Waals surface area contributed by atoms with E-state index in [9.17, 15) is 4.79 Å². The van der Waals surface area contributed by atoms with Crippen LogP contribution < -0.4 is 5.32 Å². The van der Waals surface area contributed by atoms with Crippen LogP contribution in [0.5, 0.6) is 0 Å². The fourth-order valence-corrected chi connectivity index (χ4v) is 2.57. The lowest BCUT2D eigenvalue weighted by Gasteiger charge is -2.07. The van der Waals surface area contributed by atoms with E-state index in [4.69, 9.17) is 11.6 Å². The predicted octanol–water partition coefficient (Wildman–Crippen LogP) is 4.07. The summed E-state index contributed by atoms with van der Waals surface area (Å²) in [4.78, 5) is 12.4. The van der Waals surface area contributed by atoms with Crippen molar-refractivity contribution in [1.82, 2.24) is 15.1 Å². The van der Waals surface area contributed by atoms with E-state index in [-0.39, 0.29) is 5.91 Å². The molecule has 0 bridgehead atoms.